The number of anilines is 1. The predicted octanol–water partition coefficient (Wildman–Crippen LogP) is 1.43. The zero-order valence-electron chi connectivity index (χ0n) is 16.1. The summed E-state index contributed by atoms with van der Waals surface area (Å²) in [5, 5.41) is 7.80. The van der Waals surface area contributed by atoms with Gasteiger partial charge in [0, 0.05) is 24.7 Å². The first-order valence-electron chi connectivity index (χ1n) is 9.52. The van der Waals surface area contributed by atoms with E-state index in [-0.39, 0.29) is 36.7 Å². The highest BCUT2D eigenvalue weighted by molar-refractivity contribution is 7.13. The molecule has 3 rings (SSSR count). The van der Waals surface area contributed by atoms with Gasteiger partial charge in [-0.15, -0.1) is 11.3 Å². The summed E-state index contributed by atoms with van der Waals surface area (Å²) in [6.45, 7) is 4.16. The van der Waals surface area contributed by atoms with Crippen LogP contribution in [0.4, 0.5) is 9.93 Å². The fourth-order valence-corrected chi connectivity index (χ4v) is 4.23. The first kappa shape index (κ1) is 20.2. The van der Waals surface area contributed by atoms with Gasteiger partial charge in [0.25, 0.3) is 5.91 Å². The third-order valence-corrected chi connectivity index (χ3v) is 6.24. The van der Waals surface area contributed by atoms with E-state index in [1.54, 1.807) is 16.5 Å². The zero-order valence-corrected chi connectivity index (χ0v) is 16.9. The molecule has 0 radical (unpaired) electrons. The molecule has 3 heterocycles. The summed E-state index contributed by atoms with van der Waals surface area (Å²) in [7, 11) is 0. The van der Waals surface area contributed by atoms with Crippen molar-refractivity contribution in [3.05, 3.63) is 11.6 Å². The van der Waals surface area contributed by atoms with E-state index in [4.69, 9.17) is 0 Å². The monoisotopic (exact) mass is 407 g/mol. The fraction of sp³-hybridized carbons (Fsp3) is 0.611. The summed E-state index contributed by atoms with van der Waals surface area (Å²) in [6, 6.07) is -0.530. The average Bonchev–Trinajstić information content (AvgIpc) is 3.30. The number of nitrogens with one attached hydrogen (secondary N) is 2. The molecule has 9 nitrogen and oxygen atoms in total. The Morgan fingerprint density at radius 2 is 2.11 bits per heavy atom. The molecular formula is C18H25N5O4S. The summed E-state index contributed by atoms with van der Waals surface area (Å²) < 4.78 is 0. The van der Waals surface area contributed by atoms with Crippen molar-refractivity contribution >= 4 is 40.2 Å². The number of imide groups is 1. The highest BCUT2D eigenvalue weighted by Crippen LogP contribution is 2.25. The summed E-state index contributed by atoms with van der Waals surface area (Å²) in [5.74, 6) is -1.18. The Morgan fingerprint density at radius 1 is 1.36 bits per heavy atom. The minimum absolute atomic E-state index is 0.168. The van der Waals surface area contributed by atoms with Crippen molar-refractivity contribution in [1.29, 1.82) is 0 Å². The highest BCUT2D eigenvalue weighted by atomic mass is 32.1. The van der Waals surface area contributed by atoms with E-state index < -0.39 is 11.6 Å². The SMILES string of the molecule is CCC1(CC)NC(=O)N(CC(=O)N2CCCC(C(=O)Nc3nccs3)C2)C1=O. The molecular weight excluding hydrogens is 382 g/mol. The van der Waals surface area contributed by atoms with Crippen molar-refractivity contribution in [2.45, 2.75) is 45.1 Å². The van der Waals surface area contributed by atoms with Crippen molar-refractivity contribution in [2.75, 3.05) is 25.0 Å². The number of nitrogens with zero attached hydrogens (tertiary/aromatic N) is 3. The van der Waals surface area contributed by atoms with Crippen LogP contribution in [-0.2, 0) is 14.4 Å². The first-order valence-corrected chi connectivity index (χ1v) is 10.4. The van der Waals surface area contributed by atoms with Crippen LogP contribution in [0, 0.1) is 5.92 Å². The van der Waals surface area contributed by atoms with Crippen molar-refractivity contribution in [1.82, 2.24) is 20.1 Å². The Hall–Kier alpha value is -2.49. The maximum absolute atomic E-state index is 12.7. The molecule has 1 unspecified atom stereocenters. The van der Waals surface area contributed by atoms with E-state index in [0.29, 0.717) is 37.4 Å². The van der Waals surface area contributed by atoms with Gasteiger partial charge in [0.05, 0.1) is 5.92 Å². The summed E-state index contributed by atoms with van der Waals surface area (Å²) in [5.41, 5.74) is -0.921. The summed E-state index contributed by atoms with van der Waals surface area (Å²) in [6.07, 6.45) is 3.93. The van der Waals surface area contributed by atoms with Crippen LogP contribution in [0.1, 0.15) is 39.5 Å². The second-order valence-electron chi connectivity index (χ2n) is 7.12. The Kier molecular flexibility index (Phi) is 5.97. The van der Waals surface area contributed by atoms with Gasteiger partial charge in [-0.2, -0.15) is 0 Å². The maximum Gasteiger partial charge on any atom is 0.325 e. The predicted molar refractivity (Wildman–Crippen MR) is 104 cm³/mol. The molecule has 0 aromatic carbocycles. The number of hydrogen-bond acceptors (Lipinski definition) is 6. The van der Waals surface area contributed by atoms with Crippen LogP contribution in [-0.4, -0.2) is 63.7 Å². The standard InChI is InChI=1S/C18H25N5O4S/c1-3-18(4-2)15(26)23(17(27)21-18)11-13(24)22-8-5-6-12(10-22)14(25)20-16-19-7-9-28-16/h7,9,12H,3-6,8,10-11H2,1-2H3,(H,21,27)(H,19,20,25). The fourth-order valence-electron chi connectivity index (χ4n) is 3.69. The number of amides is 5. The van der Waals surface area contributed by atoms with E-state index in [0.717, 1.165) is 4.90 Å². The average molecular weight is 407 g/mol. The highest BCUT2D eigenvalue weighted by Gasteiger charge is 2.49. The van der Waals surface area contributed by atoms with E-state index >= 15 is 0 Å². The van der Waals surface area contributed by atoms with Crippen LogP contribution in [0.3, 0.4) is 0 Å². The van der Waals surface area contributed by atoms with Crippen LogP contribution >= 0.6 is 11.3 Å². The first-order chi connectivity index (χ1) is 13.4. The largest absolute Gasteiger partial charge is 0.340 e. The van der Waals surface area contributed by atoms with E-state index in [1.807, 2.05) is 13.8 Å². The molecule has 0 bridgehead atoms. The van der Waals surface area contributed by atoms with Gasteiger partial charge in [-0.25, -0.2) is 9.78 Å². The number of carbonyl (C=O) groups excluding carboxylic acids is 4. The zero-order chi connectivity index (χ0) is 20.3. The number of rotatable bonds is 6. The van der Waals surface area contributed by atoms with Crippen LogP contribution < -0.4 is 10.6 Å². The van der Waals surface area contributed by atoms with Crippen LogP contribution in [0.15, 0.2) is 11.6 Å². The second kappa shape index (κ2) is 8.26. The maximum atomic E-state index is 12.7. The summed E-state index contributed by atoms with van der Waals surface area (Å²) in [4.78, 5) is 56.7. The molecule has 2 aliphatic rings. The second-order valence-corrected chi connectivity index (χ2v) is 8.01. The Balaban J connectivity index is 1.60. The van der Waals surface area contributed by atoms with Crippen molar-refractivity contribution < 1.29 is 19.2 Å². The third-order valence-electron chi connectivity index (χ3n) is 5.55. The molecule has 28 heavy (non-hydrogen) atoms. The van der Waals surface area contributed by atoms with E-state index in [1.165, 1.54) is 11.3 Å². The minimum atomic E-state index is -0.921. The molecule has 2 aliphatic heterocycles. The number of carbonyl (C=O) groups is 4. The van der Waals surface area contributed by atoms with Gasteiger partial charge in [-0.1, -0.05) is 13.8 Å². The Bertz CT molecular complexity index is 762. The van der Waals surface area contributed by atoms with Crippen molar-refractivity contribution in [3.63, 3.8) is 0 Å². The Labute approximate surface area is 167 Å². The van der Waals surface area contributed by atoms with Crippen molar-refractivity contribution in [3.8, 4) is 0 Å². The number of aromatic nitrogens is 1. The topological polar surface area (TPSA) is 112 Å². The number of thiazole rings is 1. The van der Waals surface area contributed by atoms with Crippen molar-refractivity contribution in [2.24, 2.45) is 5.92 Å². The molecule has 2 N–H and O–H groups in total. The molecule has 2 saturated heterocycles. The van der Waals surface area contributed by atoms with Gasteiger partial charge in [0.2, 0.25) is 11.8 Å². The normalized spacial score (nSPS) is 21.6. The smallest absolute Gasteiger partial charge is 0.325 e. The molecule has 5 amide bonds. The lowest BCUT2D eigenvalue weighted by Gasteiger charge is -2.32. The molecule has 2 fully saturated rings. The van der Waals surface area contributed by atoms with Gasteiger partial charge in [0.15, 0.2) is 5.13 Å². The molecule has 1 atom stereocenters. The lowest BCUT2D eigenvalue weighted by Crippen LogP contribution is -2.49. The van der Waals surface area contributed by atoms with Gasteiger partial charge >= 0.3 is 6.03 Å². The third kappa shape index (κ3) is 3.87. The molecule has 0 aliphatic carbocycles. The van der Waals surface area contributed by atoms with Gasteiger partial charge in [-0.3, -0.25) is 19.3 Å². The van der Waals surface area contributed by atoms with E-state index in [9.17, 15) is 19.2 Å². The minimum Gasteiger partial charge on any atom is -0.340 e. The van der Waals surface area contributed by atoms with Crippen LogP contribution in [0.2, 0.25) is 0 Å². The number of urea groups is 1. The number of hydrogen-bond donors (Lipinski definition) is 2. The van der Waals surface area contributed by atoms with E-state index in [2.05, 4.69) is 15.6 Å². The van der Waals surface area contributed by atoms with Crippen LogP contribution in [0.25, 0.3) is 0 Å². The van der Waals surface area contributed by atoms with Gasteiger partial charge < -0.3 is 15.5 Å². The molecule has 1 aromatic heterocycles. The number of piperidine rings is 1. The lowest BCUT2D eigenvalue weighted by molar-refractivity contribution is -0.140. The van der Waals surface area contributed by atoms with Gasteiger partial charge in [0.1, 0.15) is 12.1 Å². The molecule has 0 saturated carbocycles. The lowest BCUT2D eigenvalue weighted by atomic mass is 9.93. The van der Waals surface area contributed by atoms with Crippen LogP contribution in [0.5, 0.6) is 0 Å². The molecule has 0 spiro atoms. The summed E-state index contributed by atoms with van der Waals surface area (Å²) >= 11 is 1.34. The van der Waals surface area contributed by atoms with Gasteiger partial charge in [-0.05, 0) is 25.7 Å². The number of likely N-dealkylation sites (tertiary alicyclic amines) is 1. The molecule has 10 heteroatoms. The quantitative estimate of drug-likeness (QED) is 0.693. The Morgan fingerprint density at radius 3 is 2.71 bits per heavy atom. The molecule has 1 aromatic rings. The molecule has 152 valence electrons.